The first kappa shape index (κ1) is 47.9. The molecule has 0 saturated carbocycles. The smallest absolute Gasteiger partial charge is 0.316 e. The Morgan fingerprint density at radius 1 is 0.919 bits per heavy atom. The molecule has 5 saturated heterocycles. The Kier molecular flexibility index (Phi) is 15.3. The van der Waals surface area contributed by atoms with Crippen LogP contribution in [0.25, 0.3) is 0 Å². The van der Waals surface area contributed by atoms with E-state index in [-0.39, 0.29) is 30.8 Å². The predicted molar refractivity (Wildman–Crippen MR) is 227 cm³/mol. The lowest BCUT2D eigenvalue weighted by molar-refractivity contribution is -0.340. The van der Waals surface area contributed by atoms with Gasteiger partial charge in [0.25, 0.3) is 0 Å². The molecule has 6 heterocycles. The van der Waals surface area contributed by atoms with Crippen molar-refractivity contribution in [3.8, 4) is 0 Å². The molecule has 1 spiro atoms. The van der Waals surface area contributed by atoms with E-state index in [1.54, 1.807) is 40.2 Å². The first-order valence-corrected chi connectivity index (χ1v) is 23.2. The highest BCUT2D eigenvalue weighted by Gasteiger charge is 2.60. The van der Waals surface area contributed by atoms with Crippen LogP contribution in [-0.4, -0.2) is 139 Å². The minimum absolute atomic E-state index is 0.00708. The summed E-state index contributed by atoms with van der Waals surface area (Å²) in [5.41, 5.74) is 0.188. The largest absolute Gasteiger partial charge is 0.462 e. The second-order valence-electron chi connectivity index (χ2n) is 19.4. The summed E-state index contributed by atoms with van der Waals surface area (Å²) in [4.78, 5) is 14.4. The van der Waals surface area contributed by atoms with E-state index in [1.807, 2.05) is 19.1 Å². The SMILES string of the molecule is CC[C@H](C)[C@H]1O[C@]2(CC[C@@H]1C)C[C@@H]1C[C@@H](C/C=C(\C)C(O[C@H]3C[C@H](OC)[C@@H](O[C@H]4C[C@H](OC)[C@@H](O)[C@H](C)O4)[C@H](C)O3)[C@@H](C)/C=C/C=C3\CO[C@@H]4[C@H](O)C(C)=C[C@@H](C(=O)O1)[C@]34O)O2. The molecule has 0 radical (unpaired) electrons. The number of esters is 1. The van der Waals surface area contributed by atoms with Gasteiger partial charge >= 0.3 is 5.97 Å². The molecule has 350 valence electrons. The molecule has 20 atom stereocenters. The van der Waals surface area contributed by atoms with Gasteiger partial charge in [0.05, 0.1) is 49.3 Å². The van der Waals surface area contributed by atoms with Gasteiger partial charge in [0.1, 0.15) is 42.0 Å². The monoisotopic (exact) mass is 875 g/mol. The molecule has 0 aromatic rings. The first-order chi connectivity index (χ1) is 29.5. The average Bonchev–Trinajstić information content (AvgIpc) is 3.58. The maximum atomic E-state index is 14.4. The molecular weight excluding hydrogens is 801 g/mol. The Morgan fingerprint density at radius 3 is 2.35 bits per heavy atom. The average molecular weight is 875 g/mol. The highest BCUT2D eigenvalue weighted by molar-refractivity contribution is 5.78. The van der Waals surface area contributed by atoms with Crippen molar-refractivity contribution in [2.24, 2.45) is 23.7 Å². The Hall–Kier alpha value is -2.05. The number of ether oxygens (including phenoxy) is 10. The van der Waals surface area contributed by atoms with Gasteiger partial charge in [0.15, 0.2) is 18.4 Å². The number of rotatable bonds is 8. The lowest BCUT2D eigenvalue weighted by Crippen LogP contribution is -2.58. The van der Waals surface area contributed by atoms with E-state index >= 15 is 0 Å². The minimum Gasteiger partial charge on any atom is -0.462 e. The number of carbonyl (C=O) groups is 1. The molecule has 1 unspecified atom stereocenters. The normalized spacial score (nSPS) is 49.4. The zero-order valence-corrected chi connectivity index (χ0v) is 38.5. The fourth-order valence-corrected chi connectivity index (χ4v) is 11.0. The maximum Gasteiger partial charge on any atom is 0.316 e. The van der Waals surface area contributed by atoms with E-state index in [9.17, 15) is 20.1 Å². The van der Waals surface area contributed by atoms with Gasteiger partial charge in [-0.3, -0.25) is 4.79 Å². The van der Waals surface area contributed by atoms with E-state index in [1.165, 1.54) is 0 Å². The number of allylic oxidation sites excluding steroid dienone is 2. The van der Waals surface area contributed by atoms with Crippen LogP contribution in [0.2, 0.25) is 0 Å². The lowest BCUT2D eigenvalue weighted by atomic mass is 9.71. The summed E-state index contributed by atoms with van der Waals surface area (Å²) in [6.07, 6.45) is 6.53. The van der Waals surface area contributed by atoms with Gasteiger partial charge < -0.3 is 62.7 Å². The Balaban J connectivity index is 1.18. The quantitative estimate of drug-likeness (QED) is 0.204. The van der Waals surface area contributed by atoms with Gasteiger partial charge in [-0.1, -0.05) is 64.5 Å². The molecule has 7 rings (SSSR count). The molecule has 0 amide bonds. The van der Waals surface area contributed by atoms with Gasteiger partial charge in [-0.05, 0) is 69.1 Å². The summed E-state index contributed by atoms with van der Waals surface area (Å²) >= 11 is 0. The molecule has 0 aromatic carbocycles. The summed E-state index contributed by atoms with van der Waals surface area (Å²) in [6.45, 7) is 16.3. The molecule has 1 aliphatic carbocycles. The Bertz CT molecular complexity index is 1680. The third-order valence-electron chi connectivity index (χ3n) is 14.9. The summed E-state index contributed by atoms with van der Waals surface area (Å²) in [6, 6.07) is 0. The van der Waals surface area contributed by atoms with Crippen LogP contribution < -0.4 is 0 Å². The van der Waals surface area contributed by atoms with Gasteiger partial charge in [0, 0.05) is 52.2 Å². The molecule has 14 heteroatoms. The van der Waals surface area contributed by atoms with Crippen LogP contribution in [0.1, 0.15) is 107 Å². The van der Waals surface area contributed by atoms with Crippen molar-refractivity contribution < 1.29 is 67.5 Å². The molecule has 7 aliphatic rings. The van der Waals surface area contributed by atoms with Gasteiger partial charge in [0.2, 0.25) is 0 Å². The van der Waals surface area contributed by atoms with Gasteiger partial charge in [-0.2, -0.15) is 0 Å². The van der Waals surface area contributed by atoms with Crippen molar-refractivity contribution in [2.75, 3.05) is 20.8 Å². The number of methoxy groups -OCH3 is 2. The van der Waals surface area contributed by atoms with Crippen LogP contribution in [0, 0.1) is 23.7 Å². The highest BCUT2D eigenvalue weighted by atomic mass is 16.7. The van der Waals surface area contributed by atoms with E-state index in [0.717, 1.165) is 18.4 Å². The van der Waals surface area contributed by atoms with Crippen LogP contribution in [0.5, 0.6) is 0 Å². The van der Waals surface area contributed by atoms with E-state index in [2.05, 4.69) is 40.7 Å². The van der Waals surface area contributed by atoms with Crippen LogP contribution in [0.3, 0.4) is 0 Å². The van der Waals surface area contributed by atoms with Crippen LogP contribution in [-0.2, 0) is 52.2 Å². The molecule has 0 aromatic heterocycles. The zero-order valence-electron chi connectivity index (χ0n) is 38.5. The first-order valence-electron chi connectivity index (χ1n) is 23.2. The lowest BCUT2D eigenvalue weighted by Gasteiger charge is -2.51. The third kappa shape index (κ3) is 9.73. The minimum atomic E-state index is -1.82. The molecular formula is C48H74O14. The predicted octanol–water partition coefficient (Wildman–Crippen LogP) is 5.60. The Labute approximate surface area is 368 Å². The maximum absolute atomic E-state index is 14.4. The number of fused-ring (bicyclic) bond motifs is 2. The molecule has 2 bridgehead atoms. The fourth-order valence-electron chi connectivity index (χ4n) is 11.0. The molecule has 3 N–H and O–H groups in total. The number of carbonyl (C=O) groups excluding carboxylic acids is 1. The summed E-state index contributed by atoms with van der Waals surface area (Å²) in [5, 5.41) is 34.2. The van der Waals surface area contributed by atoms with Crippen LogP contribution >= 0.6 is 0 Å². The number of aliphatic hydroxyl groups is 3. The number of aliphatic hydroxyl groups excluding tert-OH is 2. The van der Waals surface area contributed by atoms with Crippen molar-refractivity contribution in [1.29, 1.82) is 0 Å². The van der Waals surface area contributed by atoms with Crippen LogP contribution in [0.4, 0.5) is 0 Å². The molecule has 14 nitrogen and oxygen atoms in total. The van der Waals surface area contributed by atoms with E-state index in [0.29, 0.717) is 61.5 Å². The van der Waals surface area contributed by atoms with E-state index < -0.39 is 90.8 Å². The second kappa shape index (κ2) is 19.8. The van der Waals surface area contributed by atoms with Crippen molar-refractivity contribution >= 4 is 5.97 Å². The van der Waals surface area contributed by atoms with Gasteiger partial charge in [-0.25, -0.2) is 0 Å². The highest BCUT2D eigenvalue weighted by Crippen LogP contribution is 2.48. The summed E-state index contributed by atoms with van der Waals surface area (Å²) in [7, 11) is 3.23. The second-order valence-corrected chi connectivity index (χ2v) is 19.4. The number of hydrogen-bond acceptors (Lipinski definition) is 14. The fraction of sp³-hybridized carbons (Fsp3) is 0.812. The van der Waals surface area contributed by atoms with Crippen LogP contribution in [0.15, 0.2) is 47.1 Å². The molecule has 6 aliphatic heterocycles. The third-order valence-corrected chi connectivity index (χ3v) is 14.9. The van der Waals surface area contributed by atoms with E-state index in [4.69, 9.17) is 47.4 Å². The van der Waals surface area contributed by atoms with Crippen molar-refractivity contribution in [3.05, 3.63) is 47.1 Å². The Morgan fingerprint density at radius 2 is 1.63 bits per heavy atom. The van der Waals surface area contributed by atoms with Crippen molar-refractivity contribution in [2.45, 2.75) is 204 Å². The standard InChI is InChI=1S/C48H74O14/c1-11-25(2)43-28(5)17-18-47(62-43)23-34-20-33(61-47)16-15-27(4)42(26(3)13-12-14-32-24-55-45-40(49)29(6)19-35(46(51)58-34)48(32,45)52)59-39-22-37(54-10)44(31(8)57-39)60-38-21-36(53-9)41(50)30(7)56-38/h12-15,19,25-26,28,30-31,33-45,49-50,52H,11,16-18,20-24H2,1-10H3/b13-12+,27-15+,32-14+/t25-,26-,28-,30-,31-,33+,34-,35-,36-,37-,38-,39-,40+,41-,42?,43+,44-,45+,47+,48+/m0/s1. The number of hydrogen-bond donors (Lipinski definition) is 3. The molecule has 62 heavy (non-hydrogen) atoms. The van der Waals surface area contributed by atoms with Crippen molar-refractivity contribution in [3.63, 3.8) is 0 Å². The van der Waals surface area contributed by atoms with Gasteiger partial charge in [-0.15, -0.1) is 0 Å². The van der Waals surface area contributed by atoms with Crippen molar-refractivity contribution in [1.82, 2.24) is 0 Å². The molecule has 5 fully saturated rings. The summed E-state index contributed by atoms with van der Waals surface area (Å²) in [5.74, 6) is -2.10. The topological polar surface area (TPSA) is 170 Å². The zero-order chi connectivity index (χ0) is 44.7. The summed E-state index contributed by atoms with van der Waals surface area (Å²) < 4.78 is 63.9.